The van der Waals surface area contributed by atoms with Crippen molar-refractivity contribution in [2.45, 2.75) is 31.6 Å². The van der Waals surface area contributed by atoms with E-state index in [4.69, 9.17) is 9.47 Å². The average molecular weight is 323 g/mol. The zero-order valence-corrected chi connectivity index (χ0v) is 13.5. The minimum Gasteiger partial charge on any atom is -0.389 e. The van der Waals surface area contributed by atoms with Gasteiger partial charge >= 0.3 is 0 Å². The number of nitrogens with zero attached hydrogens (tertiary/aromatic N) is 1. The Balaban J connectivity index is 1.89. The van der Waals surface area contributed by atoms with Gasteiger partial charge in [-0.3, -0.25) is 4.90 Å². The summed E-state index contributed by atoms with van der Waals surface area (Å²) < 4.78 is 24.0. The maximum atomic E-state index is 13.0. The molecule has 0 unspecified atom stereocenters. The van der Waals surface area contributed by atoms with Crippen molar-refractivity contribution < 1.29 is 19.0 Å². The Bertz CT molecular complexity index is 460. The lowest BCUT2D eigenvalue weighted by Crippen LogP contribution is -2.39. The summed E-state index contributed by atoms with van der Waals surface area (Å²) in [6.07, 6.45) is 3.42. The van der Waals surface area contributed by atoms with E-state index in [1.165, 1.54) is 12.1 Å². The molecule has 1 aromatic rings. The Morgan fingerprint density at radius 2 is 2.22 bits per heavy atom. The van der Waals surface area contributed by atoms with E-state index in [2.05, 4.69) is 11.5 Å². The van der Waals surface area contributed by atoms with Crippen molar-refractivity contribution in [3.05, 3.63) is 48.3 Å². The van der Waals surface area contributed by atoms with Crippen LogP contribution in [0.2, 0.25) is 0 Å². The molecule has 1 aliphatic heterocycles. The number of aliphatic hydroxyl groups is 1. The minimum absolute atomic E-state index is 0.205. The molecule has 1 aromatic carbocycles. The van der Waals surface area contributed by atoms with Gasteiger partial charge in [-0.1, -0.05) is 18.2 Å². The normalized spacial score (nSPS) is 19.2. The van der Waals surface area contributed by atoms with Gasteiger partial charge in [0, 0.05) is 26.2 Å². The first-order valence-corrected chi connectivity index (χ1v) is 8.12. The molecule has 1 saturated heterocycles. The van der Waals surface area contributed by atoms with Crippen molar-refractivity contribution in [2.75, 3.05) is 32.9 Å². The van der Waals surface area contributed by atoms with E-state index in [0.29, 0.717) is 19.7 Å². The van der Waals surface area contributed by atoms with Gasteiger partial charge in [-0.15, -0.1) is 6.58 Å². The van der Waals surface area contributed by atoms with Gasteiger partial charge in [-0.25, -0.2) is 4.39 Å². The van der Waals surface area contributed by atoms with Gasteiger partial charge in [0.15, 0.2) is 0 Å². The lowest BCUT2D eigenvalue weighted by atomic mass is 10.1. The van der Waals surface area contributed by atoms with Crippen LogP contribution in [0.15, 0.2) is 36.9 Å². The zero-order chi connectivity index (χ0) is 16.5. The van der Waals surface area contributed by atoms with Gasteiger partial charge < -0.3 is 14.6 Å². The van der Waals surface area contributed by atoms with Crippen molar-refractivity contribution in [3.63, 3.8) is 0 Å². The summed E-state index contributed by atoms with van der Waals surface area (Å²) in [7, 11) is 0. The fourth-order valence-electron chi connectivity index (χ4n) is 2.77. The van der Waals surface area contributed by atoms with E-state index in [-0.39, 0.29) is 18.5 Å². The predicted molar refractivity (Wildman–Crippen MR) is 87.7 cm³/mol. The van der Waals surface area contributed by atoms with E-state index >= 15 is 0 Å². The second kappa shape index (κ2) is 9.78. The molecule has 0 saturated carbocycles. The fraction of sp³-hybridized carbons (Fsp3) is 0.556. The molecule has 2 atom stereocenters. The second-order valence-corrected chi connectivity index (χ2v) is 5.94. The van der Waals surface area contributed by atoms with Gasteiger partial charge in [0.05, 0.1) is 25.4 Å². The van der Waals surface area contributed by atoms with E-state index in [1.54, 1.807) is 18.2 Å². The lowest BCUT2D eigenvalue weighted by Gasteiger charge is -2.27. The van der Waals surface area contributed by atoms with E-state index in [9.17, 15) is 9.50 Å². The van der Waals surface area contributed by atoms with E-state index in [1.807, 2.05) is 0 Å². The summed E-state index contributed by atoms with van der Waals surface area (Å²) >= 11 is 0. The van der Waals surface area contributed by atoms with Crippen molar-refractivity contribution in [1.82, 2.24) is 4.90 Å². The van der Waals surface area contributed by atoms with Gasteiger partial charge in [-0.05, 0) is 30.5 Å². The molecule has 1 heterocycles. The van der Waals surface area contributed by atoms with Crippen LogP contribution in [-0.4, -0.2) is 55.1 Å². The van der Waals surface area contributed by atoms with Crippen LogP contribution in [0.5, 0.6) is 0 Å². The number of halogens is 1. The number of ether oxygens (including phenoxy) is 2. The molecule has 2 rings (SSSR count). The third-order valence-corrected chi connectivity index (χ3v) is 3.82. The van der Waals surface area contributed by atoms with Crippen molar-refractivity contribution in [3.8, 4) is 0 Å². The first-order chi connectivity index (χ1) is 11.2. The maximum Gasteiger partial charge on any atom is 0.123 e. The Labute approximate surface area is 137 Å². The second-order valence-electron chi connectivity index (χ2n) is 5.94. The van der Waals surface area contributed by atoms with Crippen LogP contribution in [0.4, 0.5) is 4.39 Å². The zero-order valence-electron chi connectivity index (χ0n) is 13.5. The molecule has 1 aliphatic rings. The van der Waals surface area contributed by atoms with Crippen molar-refractivity contribution in [1.29, 1.82) is 0 Å². The molecule has 0 radical (unpaired) electrons. The number of rotatable bonds is 10. The summed E-state index contributed by atoms with van der Waals surface area (Å²) in [5, 5.41) is 10.1. The highest BCUT2D eigenvalue weighted by atomic mass is 19.1. The summed E-state index contributed by atoms with van der Waals surface area (Å²) in [6.45, 7) is 7.00. The molecular weight excluding hydrogens is 297 g/mol. The Morgan fingerprint density at radius 3 is 2.87 bits per heavy atom. The first kappa shape index (κ1) is 18.1. The first-order valence-electron chi connectivity index (χ1n) is 8.12. The summed E-state index contributed by atoms with van der Waals surface area (Å²) in [6, 6.07) is 6.48. The summed E-state index contributed by atoms with van der Waals surface area (Å²) in [5.74, 6) is -0.239. The monoisotopic (exact) mass is 323 g/mol. The largest absolute Gasteiger partial charge is 0.389 e. The highest BCUT2D eigenvalue weighted by Gasteiger charge is 2.21. The van der Waals surface area contributed by atoms with E-state index < -0.39 is 6.10 Å². The molecule has 5 heteroatoms. The molecule has 0 spiro atoms. The molecule has 0 bridgehead atoms. The molecule has 0 aliphatic carbocycles. The van der Waals surface area contributed by atoms with Crippen molar-refractivity contribution in [2.24, 2.45) is 0 Å². The van der Waals surface area contributed by atoms with Crippen LogP contribution in [0, 0.1) is 5.82 Å². The number of hydrogen-bond donors (Lipinski definition) is 1. The van der Waals surface area contributed by atoms with Crippen LogP contribution in [0.3, 0.4) is 0 Å². The summed E-state index contributed by atoms with van der Waals surface area (Å²) in [4.78, 5) is 2.14. The molecular formula is C18H26FNO3. The van der Waals surface area contributed by atoms with Gasteiger partial charge in [0.2, 0.25) is 0 Å². The van der Waals surface area contributed by atoms with Crippen LogP contribution < -0.4 is 0 Å². The van der Waals surface area contributed by atoms with Crippen LogP contribution in [-0.2, 0) is 16.0 Å². The molecule has 0 amide bonds. The van der Waals surface area contributed by atoms with Crippen LogP contribution >= 0.6 is 0 Å². The number of aliphatic hydroxyl groups excluding tert-OH is 1. The van der Waals surface area contributed by atoms with E-state index in [0.717, 1.165) is 31.6 Å². The Hall–Kier alpha value is -1.27. The number of benzene rings is 1. The molecule has 128 valence electrons. The smallest absolute Gasteiger partial charge is 0.123 e. The predicted octanol–water partition coefficient (Wildman–Crippen LogP) is 2.37. The van der Waals surface area contributed by atoms with Gasteiger partial charge in [0.25, 0.3) is 0 Å². The van der Waals surface area contributed by atoms with Gasteiger partial charge in [-0.2, -0.15) is 0 Å². The standard InChI is InChI=1S/C18H26FNO3/c1-2-9-22-14-17(21)12-20(13-18-4-3-10-23-18)11-15-5-7-16(19)8-6-15/h2,5-8,17-18,21H,1,3-4,9-14H2/t17-,18+/m0/s1. The van der Waals surface area contributed by atoms with Crippen LogP contribution in [0.1, 0.15) is 18.4 Å². The lowest BCUT2D eigenvalue weighted by molar-refractivity contribution is 0.00856. The molecule has 23 heavy (non-hydrogen) atoms. The third-order valence-electron chi connectivity index (χ3n) is 3.82. The highest BCUT2D eigenvalue weighted by Crippen LogP contribution is 2.16. The highest BCUT2D eigenvalue weighted by molar-refractivity contribution is 5.15. The third kappa shape index (κ3) is 6.79. The number of hydrogen-bond acceptors (Lipinski definition) is 4. The summed E-state index contributed by atoms with van der Waals surface area (Å²) in [5.41, 5.74) is 1.02. The molecule has 0 aromatic heterocycles. The molecule has 1 N–H and O–H groups in total. The average Bonchev–Trinajstić information content (AvgIpc) is 3.03. The molecule has 4 nitrogen and oxygen atoms in total. The van der Waals surface area contributed by atoms with Gasteiger partial charge in [0.1, 0.15) is 5.82 Å². The molecule has 1 fully saturated rings. The van der Waals surface area contributed by atoms with Crippen LogP contribution in [0.25, 0.3) is 0 Å². The quantitative estimate of drug-likeness (QED) is 0.530. The topological polar surface area (TPSA) is 41.9 Å². The maximum absolute atomic E-state index is 13.0. The Morgan fingerprint density at radius 1 is 1.43 bits per heavy atom. The fourth-order valence-corrected chi connectivity index (χ4v) is 2.77. The Kier molecular flexibility index (Phi) is 7.68. The minimum atomic E-state index is -0.572. The SMILES string of the molecule is C=CCOC[C@@H](O)CN(Cc1ccc(F)cc1)C[C@H]1CCCO1. The van der Waals surface area contributed by atoms with Crippen molar-refractivity contribution >= 4 is 0 Å².